The molecule has 0 unspecified atom stereocenters. The molecule has 3 aliphatic heterocycles. The van der Waals surface area contributed by atoms with Gasteiger partial charge in [-0.05, 0) is 38.1 Å². The lowest BCUT2D eigenvalue weighted by atomic mass is 9.95. The Morgan fingerprint density at radius 2 is 1.61 bits per heavy atom. The molecule has 28 heavy (non-hydrogen) atoms. The van der Waals surface area contributed by atoms with Crippen molar-refractivity contribution in [1.82, 2.24) is 4.90 Å². The van der Waals surface area contributed by atoms with Gasteiger partial charge >= 0.3 is 0 Å². The quantitative estimate of drug-likeness (QED) is 0.734. The highest BCUT2D eigenvalue weighted by Crippen LogP contribution is 2.36. The highest BCUT2D eigenvalue weighted by molar-refractivity contribution is 7.94. The average molecular weight is 408 g/mol. The highest BCUT2D eigenvalue weighted by atomic mass is 32.2. The van der Waals surface area contributed by atoms with Gasteiger partial charge < -0.3 is 14.4 Å². The van der Waals surface area contributed by atoms with Crippen LogP contribution in [0.4, 0.5) is 5.69 Å². The zero-order valence-corrected chi connectivity index (χ0v) is 16.8. The predicted molar refractivity (Wildman–Crippen MR) is 101 cm³/mol. The molecule has 0 aromatic heterocycles. The van der Waals surface area contributed by atoms with Crippen LogP contribution in [-0.2, 0) is 24.3 Å². The highest BCUT2D eigenvalue weighted by Gasteiger charge is 2.50. The molecule has 0 N–H and O–H groups in total. The lowest BCUT2D eigenvalue weighted by Crippen LogP contribution is -2.47. The normalized spacial score (nSPS) is 25.4. The molecule has 0 saturated carbocycles. The Morgan fingerprint density at radius 1 is 1.04 bits per heavy atom. The molecule has 3 heterocycles. The fourth-order valence-corrected chi connectivity index (χ4v) is 6.13. The minimum atomic E-state index is -3.70. The molecule has 3 fully saturated rings. The summed E-state index contributed by atoms with van der Waals surface area (Å²) < 4.78 is 37.0. The minimum Gasteiger partial charge on any atom is -0.347 e. The monoisotopic (exact) mass is 408 g/mol. The first-order valence-corrected chi connectivity index (χ1v) is 11.0. The van der Waals surface area contributed by atoms with Gasteiger partial charge in [0.25, 0.3) is 5.91 Å². The number of amides is 2. The van der Waals surface area contributed by atoms with Gasteiger partial charge in [0, 0.05) is 31.5 Å². The van der Waals surface area contributed by atoms with Crippen LogP contribution in [0.2, 0.25) is 0 Å². The van der Waals surface area contributed by atoms with Crippen molar-refractivity contribution >= 4 is 27.5 Å². The molecule has 152 valence electrons. The van der Waals surface area contributed by atoms with E-state index in [0.717, 1.165) is 4.31 Å². The summed E-state index contributed by atoms with van der Waals surface area (Å²) in [5.74, 6) is -1.35. The Morgan fingerprint density at radius 3 is 2.11 bits per heavy atom. The first kappa shape index (κ1) is 19.4. The van der Waals surface area contributed by atoms with E-state index in [4.69, 9.17) is 9.47 Å². The Bertz CT molecular complexity index is 893. The molecule has 1 aromatic rings. The predicted octanol–water partition coefficient (Wildman–Crippen LogP) is 1.37. The largest absolute Gasteiger partial charge is 0.347 e. The van der Waals surface area contributed by atoms with Crippen LogP contribution in [0.3, 0.4) is 0 Å². The summed E-state index contributed by atoms with van der Waals surface area (Å²) in [4.78, 5) is 27.0. The van der Waals surface area contributed by atoms with Gasteiger partial charge in [0.1, 0.15) is 0 Å². The van der Waals surface area contributed by atoms with E-state index in [9.17, 15) is 18.0 Å². The van der Waals surface area contributed by atoms with E-state index in [-0.39, 0.29) is 17.3 Å². The van der Waals surface area contributed by atoms with Crippen LogP contribution < -0.4 is 4.31 Å². The number of sulfonamides is 1. The number of piperidine rings is 1. The molecule has 0 atom stereocenters. The number of carbonyl (C=O) groups is 2. The van der Waals surface area contributed by atoms with Crippen LogP contribution in [0, 0.1) is 5.41 Å². The number of anilines is 1. The molecule has 0 bridgehead atoms. The molecule has 1 spiro atoms. The Hall–Kier alpha value is -1.97. The van der Waals surface area contributed by atoms with Crippen molar-refractivity contribution in [3.8, 4) is 0 Å². The molecule has 3 saturated heterocycles. The summed E-state index contributed by atoms with van der Waals surface area (Å²) in [6.45, 7) is 5.48. The van der Waals surface area contributed by atoms with E-state index in [2.05, 4.69) is 0 Å². The smallest absolute Gasteiger partial charge is 0.253 e. The van der Waals surface area contributed by atoms with Gasteiger partial charge in [0.2, 0.25) is 15.9 Å². The molecular weight excluding hydrogens is 384 g/mol. The maximum absolute atomic E-state index is 12.8. The summed E-state index contributed by atoms with van der Waals surface area (Å²) in [6, 6.07) is 6.16. The lowest BCUT2D eigenvalue weighted by Gasteiger charge is -2.37. The molecule has 2 amide bonds. The van der Waals surface area contributed by atoms with Crippen LogP contribution >= 0.6 is 0 Å². The third kappa shape index (κ3) is 3.21. The maximum Gasteiger partial charge on any atom is 0.253 e. The summed E-state index contributed by atoms with van der Waals surface area (Å²) >= 11 is 0. The summed E-state index contributed by atoms with van der Waals surface area (Å²) in [5, 5.41) is 0. The van der Waals surface area contributed by atoms with E-state index < -0.39 is 27.1 Å². The Kier molecular flexibility index (Phi) is 4.52. The summed E-state index contributed by atoms with van der Waals surface area (Å²) in [5.41, 5.74) is -0.240. The molecule has 3 aliphatic rings. The number of hydrogen-bond acceptors (Lipinski definition) is 6. The van der Waals surface area contributed by atoms with Crippen molar-refractivity contribution in [3.05, 3.63) is 29.8 Å². The fraction of sp³-hybridized carbons (Fsp3) is 0.579. The van der Waals surface area contributed by atoms with E-state index >= 15 is 0 Å². The van der Waals surface area contributed by atoms with Crippen molar-refractivity contribution in [2.75, 3.05) is 36.4 Å². The molecule has 1 aromatic carbocycles. The van der Waals surface area contributed by atoms with Gasteiger partial charge in [-0.1, -0.05) is 0 Å². The van der Waals surface area contributed by atoms with Crippen LogP contribution in [0.1, 0.15) is 37.0 Å². The van der Waals surface area contributed by atoms with E-state index in [1.165, 1.54) is 12.1 Å². The molecular formula is C19H24N2O6S. The third-order valence-corrected chi connectivity index (χ3v) is 7.58. The van der Waals surface area contributed by atoms with Gasteiger partial charge in [0.15, 0.2) is 5.79 Å². The zero-order valence-electron chi connectivity index (χ0n) is 16.0. The molecule has 0 aliphatic carbocycles. The Labute approximate surface area is 164 Å². The van der Waals surface area contributed by atoms with Crippen molar-refractivity contribution in [1.29, 1.82) is 0 Å². The number of ether oxygens (including phenoxy) is 2. The topological polar surface area (TPSA) is 93.2 Å². The summed E-state index contributed by atoms with van der Waals surface area (Å²) in [6.07, 6.45) is 1.26. The summed E-state index contributed by atoms with van der Waals surface area (Å²) in [7, 11) is -3.70. The molecule has 8 nitrogen and oxygen atoms in total. The van der Waals surface area contributed by atoms with Crippen LogP contribution in [0.25, 0.3) is 0 Å². The van der Waals surface area contributed by atoms with Crippen molar-refractivity contribution in [3.63, 3.8) is 0 Å². The van der Waals surface area contributed by atoms with E-state index in [1.807, 2.05) is 0 Å². The second-order valence-electron chi connectivity index (χ2n) is 8.16. The van der Waals surface area contributed by atoms with Crippen LogP contribution in [-0.4, -0.2) is 63.0 Å². The van der Waals surface area contributed by atoms with Crippen LogP contribution in [0.5, 0.6) is 0 Å². The molecule has 4 rings (SSSR count). The number of rotatable bonds is 2. The first-order valence-electron chi connectivity index (χ1n) is 9.38. The number of hydrogen-bond donors (Lipinski definition) is 0. The SMILES string of the molecule is CC1(C)CS(=O)(=O)N(c2ccc(C(=O)N3CCC4(CC3)OCCO4)cc2)C1=O. The Balaban J connectivity index is 1.48. The van der Waals surface area contributed by atoms with Crippen LogP contribution in [0.15, 0.2) is 24.3 Å². The first-order chi connectivity index (χ1) is 13.1. The van der Waals surface area contributed by atoms with E-state index in [0.29, 0.717) is 44.7 Å². The standard InChI is InChI=1S/C19H24N2O6S/c1-18(2)13-28(24,25)21(17(18)23)15-5-3-14(4-6-15)16(22)20-9-7-19(8-10-20)26-11-12-27-19/h3-6H,7-13H2,1-2H3. The minimum absolute atomic E-state index is 0.129. The number of carbonyl (C=O) groups excluding carboxylic acids is 2. The molecule has 9 heteroatoms. The number of benzene rings is 1. The maximum atomic E-state index is 12.8. The van der Waals surface area contributed by atoms with Crippen molar-refractivity contribution in [2.24, 2.45) is 5.41 Å². The second-order valence-corrected chi connectivity index (χ2v) is 9.97. The third-order valence-electron chi connectivity index (χ3n) is 5.56. The zero-order chi connectivity index (χ0) is 20.2. The molecule has 0 radical (unpaired) electrons. The van der Waals surface area contributed by atoms with E-state index in [1.54, 1.807) is 30.9 Å². The van der Waals surface area contributed by atoms with Gasteiger partial charge in [-0.3, -0.25) is 9.59 Å². The number of likely N-dealkylation sites (tertiary alicyclic amines) is 1. The van der Waals surface area contributed by atoms with Gasteiger partial charge in [-0.25, -0.2) is 12.7 Å². The average Bonchev–Trinajstić information content (AvgIpc) is 3.15. The van der Waals surface area contributed by atoms with Crippen molar-refractivity contribution in [2.45, 2.75) is 32.5 Å². The second kappa shape index (κ2) is 6.53. The van der Waals surface area contributed by atoms with Gasteiger partial charge in [0.05, 0.1) is 30.1 Å². The number of nitrogens with zero attached hydrogens (tertiary/aromatic N) is 2. The van der Waals surface area contributed by atoms with Gasteiger partial charge in [-0.15, -0.1) is 0 Å². The lowest BCUT2D eigenvalue weighted by molar-refractivity contribution is -0.181. The van der Waals surface area contributed by atoms with Gasteiger partial charge in [-0.2, -0.15) is 0 Å². The fourth-order valence-electron chi connectivity index (χ4n) is 4.02. The van der Waals surface area contributed by atoms with Crippen molar-refractivity contribution < 1.29 is 27.5 Å².